The second kappa shape index (κ2) is 6.53. The molecular weight excluding hydrogens is 314 g/mol. The lowest BCUT2D eigenvalue weighted by atomic mass is 10.0. The van der Waals surface area contributed by atoms with E-state index in [1.54, 1.807) is 21.8 Å². The Hall–Kier alpha value is -2.92. The number of aliphatic hydroxyl groups excluding tert-OH is 1. The van der Waals surface area contributed by atoms with E-state index in [-0.39, 0.29) is 5.91 Å². The summed E-state index contributed by atoms with van der Waals surface area (Å²) in [5.41, 5.74) is 3.28. The molecule has 1 atom stereocenters. The summed E-state index contributed by atoms with van der Waals surface area (Å²) >= 11 is 0. The highest BCUT2D eigenvalue weighted by atomic mass is 16.3. The third kappa shape index (κ3) is 2.94. The molecule has 0 bridgehead atoms. The van der Waals surface area contributed by atoms with Gasteiger partial charge in [0.25, 0.3) is 5.91 Å². The highest BCUT2D eigenvalue weighted by Gasteiger charge is 2.26. The first-order valence-electron chi connectivity index (χ1n) is 8.38. The van der Waals surface area contributed by atoms with Crippen LogP contribution in [0.4, 0.5) is 0 Å². The van der Waals surface area contributed by atoms with Crippen LogP contribution in [0.25, 0.3) is 5.69 Å². The first-order valence-corrected chi connectivity index (χ1v) is 8.38. The van der Waals surface area contributed by atoms with Crippen molar-refractivity contribution in [1.29, 1.82) is 0 Å². The molecule has 4 rings (SSSR count). The van der Waals surface area contributed by atoms with E-state index in [9.17, 15) is 9.90 Å². The number of amides is 1. The molecule has 126 valence electrons. The summed E-state index contributed by atoms with van der Waals surface area (Å²) in [4.78, 5) is 14.9. The third-order valence-corrected chi connectivity index (χ3v) is 4.60. The van der Waals surface area contributed by atoms with Gasteiger partial charge in [0.2, 0.25) is 0 Å². The Kier molecular flexibility index (Phi) is 4.07. The number of rotatable bonds is 2. The van der Waals surface area contributed by atoms with Crippen molar-refractivity contribution in [3.63, 3.8) is 0 Å². The fourth-order valence-corrected chi connectivity index (χ4v) is 3.30. The van der Waals surface area contributed by atoms with E-state index in [0.717, 1.165) is 16.8 Å². The maximum Gasteiger partial charge on any atom is 0.272 e. The summed E-state index contributed by atoms with van der Waals surface area (Å²) in [7, 11) is 0. The molecule has 0 fully saturated rings. The number of aliphatic hydroxyl groups is 1. The Morgan fingerprint density at radius 2 is 1.80 bits per heavy atom. The molecule has 0 aliphatic carbocycles. The number of para-hydroxylation sites is 1. The highest BCUT2D eigenvalue weighted by molar-refractivity contribution is 5.93. The van der Waals surface area contributed by atoms with Crippen LogP contribution in [0.2, 0.25) is 0 Å². The topological polar surface area (TPSA) is 58.4 Å². The lowest BCUT2D eigenvalue weighted by Gasteiger charge is -2.21. The van der Waals surface area contributed by atoms with Gasteiger partial charge >= 0.3 is 0 Å². The van der Waals surface area contributed by atoms with Gasteiger partial charge in [-0.25, -0.2) is 4.68 Å². The van der Waals surface area contributed by atoms with E-state index in [1.165, 1.54) is 0 Å². The lowest BCUT2D eigenvalue weighted by molar-refractivity contribution is 0.0714. The highest BCUT2D eigenvalue weighted by Crippen LogP contribution is 2.27. The van der Waals surface area contributed by atoms with Crippen LogP contribution in [-0.4, -0.2) is 32.2 Å². The Balaban J connectivity index is 1.66. The van der Waals surface area contributed by atoms with Gasteiger partial charge in [0.1, 0.15) is 5.69 Å². The normalized spacial score (nSPS) is 17.0. The van der Waals surface area contributed by atoms with Crippen LogP contribution >= 0.6 is 0 Å². The fourth-order valence-electron chi connectivity index (χ4n) is 3.30. The van der Waals surface area contributed by atoms with Gasteiger partial charge < -0.3 is 10.0 Å². The van der Waals surface area contributed by atoms with Crippen molar-refractivity contribution in [3.05, 3.63) is 83.7 Å². The van der Waals surface area contributed by atoms with Gasteiger partial charge in [0.05, 0.1) is 18.0 Å². The van der Waals surface area contributed by atoms with Gasteiger partial charge in [-0.1, -0.05) is 42.5 Å². The van der Waals surface area contributed by atoms with Crippen molar-refractivity contribution >= 4 is 5.91 Å². The minimum absolute atomic E-state index is 0.0785. The van der Waals surface area contributed by atoms with E-state index in [1.807, 2.05) is 54.6 Å². The number of carbonyl (C=O) groups excluding carboxylic acids is 1. The molecule has 1 N–H and O–H groups in total. The molecule has 1 aliphatic heterocycles. The molecule has 0 saturated carbocycles. The second-order valence-electron chi connectivity index (χ2n) is 6.19. The average Bonchev–Trinajstić information content (AvgIpc) is 3.08. The number of hydrogen-bond acceptors (Lipinski definition) is 3. The lowest BCUT2D eigenvalue weighted by Crippen LogP contribution is -2.32. The molecule has 1 amide bonds. The van der Waals surface area contributed by atoms with Crippen molar-refractivity contribution < 1.29 is 9.90 Å². The molecule has 2 heterocycles. The number of benzene rings is 2. The van der Waals surface area contributed by atoms with Crippen LogP contribution in [0.5, 0.6) is 0 Å². The molecule has 1 aliphatic rings. The molecule has 25 heavy (non-hydrogen) atoms. The monoisotopic (exact) mass is 333 g/mol. The molecule has 0 saturated heterocycles. The Bertz CT molecular complexity index is 889. The van der Waals surface area contributed by atoms with Crippen LogP contribution in [0.3, 0.4) is 0 Å². The maximum absolute atomic E-state index is 13.1. The summed E-state index contributed by atoms with van der Waals surface area (Å²) in [5, 5.41) is 14.7. The number of carbonyl (C=O) groups is 1. The van der Waals surface area contributed by atoms with Gasteiger partial charge in [0.15, 0.2) is 0 Å². The van der Waals surface area contributed by atoms with Gasteiger partial charge in [-0.3, -0.25) is 4.79 Å². The van der Waals surface area contributed by atoms with Crippen LogP contribution in [0, 0.1) is 0 Å². The van der Waals surface area contributed by atoms with Crippen molar-refractivity contribution in [2.24, 2.45) is 0 Å². The summed E-state index contributed by atoms with van der Waals surface area (Å²) in [6.45, 7) is 1.00. The van der Waals surface area contributed by atoms with Gasteiger partial charge in [-0.2, -0.15) is 5.10 Å². The molecule has 1 aromatic heterocycles. The van der Waals surface area contributed by atoms with E-state index in [4.69, 9.17) is 0 Å². The van der Waals surface area contributed by atoms with E-state index < -0.39 is 6.10 Å². The quantitative estimate of drug-likeness (QED) is 0.784. The maximum atomic E-state index is 13.1. The second-order valence-corrected chi connectivity index (χ2v) is 6.19. The molecule has 5 nitrogen and oxygen atoms in total. The third-order valence-electron chi connectivity index (χ3n) is 4.60. The van der Waals surface area contributed by atoms with Crippen molar-refractivity contribution in [3.8, 4) is 5.69 Å². The van der Waals surface area contributed by atoms with Crippen molar-refractivity contribution in [2.45, 2.75) is 19.1 Å². The first-order chi connectivity index (χ1) is 12.2. The number of hydrogen-bond donors (Lipinski definition) is 1. The minimum atomic E-state index is -0.534. The zero-order valence-electron chi connectivity index (χ0n) is 13.7. The molecule has 0 spiro atoms. The molecule has 3 aromatic rings. The zero-order chi connectivity index (χ0) is 17.2. The Morgan fingerprint density at radius 3 is 2.64 bits per heavy atom. The summed E-state index contributed by atoms with van der Waals surface area (Å²) in [5.74, 6) is -0.0785. The number of nitrogens with zero attached hydrogens (tertiary/aromatic N) is 3. The first kappa shape index (κ1) is 15.6. The van der Waals surface area contributed by atoms with Crippen LogP contribution in [0.15, 0.2) is 66.9 Å². The van der Waals surface area contributed by atoms with Crippen LogP contribution in [0.1, 0.15) is 34.1 Å². The van der Waals surface area contributed by atoms with Gasteiger partial charge in [0, 0.05) is 13.1 Å². The molecule has 0 radical (unpaired) electrons. The summed E-state index contributed by atoms with van der Waals surface area (Å²) in [6.07, 6.45) is 1.64. The average molecular weight is 333 g/mol. The SMILES string of the molecule is O=C(c1ccnn1-c1ccccc1)N1CCC(O)c2ccccc2C1. The molecule has 1 unspecified atom stereocenters. The molecule has 5 heteroatoms. The van der Waals surface area contributed by atoms with Gasteiger partial charge in [-0.15, -0.1) is 0 Å². The molecule has 2 aromatic carbocycles. The smallest absolute Gasteiger partial charge is 0.272 e. The molecular formula is C20H19N3O2. The van der Waals surface area contributed by atoms with Crippen molar-refractivity contribution in [1.82, 2.24) is 14.7 Å². The van der Waals surface area contributed by atoms with Crippen LogP contribution in [-0.2, 0) is 6.54 Å². The standard InChI is InChI=1S/C20H19N3O2/c24-19-11-13-22(14-15-6-4-5-9-17(15)19)20(25)18-10-12-21-23(18)16-7-2-1-3-8-16/h1-10,12,19,24H,11,13-14H2. The Morgan fingerprint density at radius 1 is 1.04 bits per heavy atom. The Labute approximate surface area is 146 Å². The summed E-state index contributed by atoms with van der Waals surface area (Å²) < 4.78 is 1.66. The van der Waals surface area contributed by atoms with E-state index in [0.29, 0.717) is 25.2 Å². The van der Waals surface area contributed by atoms with E-state index in [2.05, 4.69) is 5.10 Å². The largest absolute Gasteiger partial charge is 0.388 e. The number of fused-ring (bicyclic) bond motifs is 1. The zero-order valence-corrected chi connectivity index (χ0v) is 13.7. The fraction of sp³-hybridized carbons (Fsp3) is 0.200. The minimum Gasteiger partial charge on any atom is -0.388 e. The van der Waals surface area contributed by atoms with E-state index >= 15 is 0 Å². The predicted molar refractivity (Wildman–Crippen MR) is 94.3 cm³/mol. The van der Waals surface area contributed by atoms with Crippen LogP contribution < -0.4 is 0 Å². The summed E-state index contributed by atoms with van der Waals surface area (Å²) in [6, 6.07) is 19.1. The van der Waals surface area contributed by atoms with Gasteiger partial charge in [-0.05, 0) is 35.7 Å². The van der Waals surface area contributed by atoms with Crippen molar-refractivity contribution in [2.75, 3.05) is 6.54 Å². The number of aromatic nitrogens is 2. The predicted octanol–water partition coefficient (Wildman–Crippen LogP) is 2.95.